The van der Waals surface area contributed by atoms with Crippen LogP contribution in [0.25, 0.3) is 0 Å². The molecular formula is C21H21NO2S. The number of carbonyl (C=O) groups is 1. The summed E-state index contributed by atoms with van der Waals surface area (Å²) in [4.78, 5) is 14.1. The van der Waals surface area contributed by atoms with Crippen molar-refractivity contribution < 1.29 is 9.53 Å². The summed E-state index contributed by atoms with van der Waals surface area (Å²) in [6, 6.07) is 16.3. The molecule has 0 spiro atoms. The van der Waals surface area contributed by atoms with Gasteiger partial charge in [0.2, 0.25) is 0 Å². The largest absolute Gasteiger partial charge is 0.496 e. The van der Waals surface area contributed by atoms with E-state index in [-0.39, 0.29) is 11.0 Å². The lowest BCUT2D eigenvalue weighted by Crippen LogP contribution is -2.23. The number of carbonyl (C=O) groups excluding carboxylic acids is 1. The van der Waals surface area contributed by atoms with Gasteiger partial charge in [0.25, 0.3) is 0 Å². The fourth-order valence-electron chi connectivity index (χ4n) is 3.67. The number of methoxy groups -OCH3 is 1. The van der Waals surface area contributed by atoms with E-state index in [4.69, 9.17) is 4.74 Å². The molecule has 25 heavy (non-hydrogen) atoms. The topological polar surface area (TPSA) is 38.3 Å². The van der Waals surface area contributed by atoms with E-state index in [1.54, 1.807) is 18.9 Å². The summed E-state index contributed by atoms with van der Waals surface area (Å²) in [5, 5.41) is 3.50. The number of fused-ring (bicyclic) bond motifs is 1. The van der Waals surface area contributed by atoms with Crippen molar-refractivity contribution >= 4 is 23.2 Å². The number of rotatable bonds is 2. The number of para-hydroxylation sites is 2. The predicted molar refractivity (Wildman–Crippen MR) is 102 cm³/mol. The van der Waals surface area contributed by atoms with Crippen molar-refractivity contribution in [3.8, 4) is 5.75 Å². The van der Waals surface area contributed by atoms with E-state index in [1.807, 2.05) is 30.3 Å². The van der Waals surface area contributed by atoms with Gasteiger partial charge in [-0.2, -0.15) is 0 Å². The Bertz CT molecular complexity index is 858. The zero-order chi connectivity index (χ0) is 17.4. The van der Waals surface area contributed by atoms with Crippen LogP contribution in [0.2, 0.25) is 0 Å². The monoisotopic (exact) mass is 351 g/mol. The number of benzene rings is 2. The third-order valence-corrected chi connectivity index (χ3v) is 6.15. The molecule has 0 radical (unpaired) electrons. The number of anilines is 1. The minimum atomic E-state index is -0.0534. The molecule has 0 unspecified atom stereocenters. The van der Waals surface area contributed by atoms with Crippen LogP contribution in [-0.4, -0.2) is 12.9 Å². The van der Waals surface area contributed by atoms with Crippen molar-refractivity contribution in [2.24, 2.45) is 5.92 Å². The molecule has 0 saturated heterocycles. The lowest BCUT2D eigenvalue weighted by molar-refractivity contribution is -0.116. The van der Waals surface area contributed by atoms with Gasteiger partial charge in [-0.1, -0.05) is 37.3 Å². The first kappa shape index (κ1) is 16.3. The average Bonchev–Trinajstić information content (AvgIpc) is 2.78. The zero-order valence-corrected chi connectivity index (χ0v) is 15.2. The molecule has 4 rings (SSSR count). The van der Waals surface area contributed by atoms with Crippen LogP contribution in [0, 0.1) is 5.92 Å². The Morgan fingerprint density at radius 1 is 1.08 bits per heavy atom. The van der Waals surface area contributed by atoms with Crippen LogP contribution in [0.4, 0.5) is 5.69 Å². The smallest absolute Gasteiger partial charge is 0.162 e. The summed E-state index contributed by atoms with van der Waals surface area (Å²) < 4.78 is 5.60. The Labute approximate surface area is 152 Å². The maximum Gasteiger partial charge on any atom is 0.162 e. The van der Waals surface area contributed by atoms with Crippen LogP contribution in [0.5, 0.6) is 5.75 Å². The molecular weight excluding hydrogens is 330 g/mol. The Hall–Kier alpha value is -2.20. The number of ether oxygens (including phenoxy) is 1. The number of hydrogen-bond donors (Lipinski definition) is 1. The number of nitrogens with one attached hydrogen (secondary N) is 1. The molecule has 2 aromatic rings. The normalized spacial score (nSPS) is 22.6. The molecule has 4 heteroatoms. The van der Waals surface area contributed by atoms with Crippen molar-refractivity contribution in [1.82, 2.24) is 0 Å². The molecule has 128 valence electrons. The van der Waals surface area contributed by atoms with Crippen molar-refractivity contribution in [2.75, 3.05) is 12.4 Å². The van der Waals surface area contributed by atoms with Crippen molar-refractivity contribution in [1.29, 1.82) is 0 Å². The second kappa shape index (κ2) is 6.60. The number of thioether (sulfide) groups is 1. The number of Topliss-reactive ketones (excluding diaryl/α,β-unsaturated/α-hetero) is 1. The molecule has 0 fully saturated rings. The molecule has 0 saturated carbocycles. The summed E-state index contributed by atoms with van der Waals surface area (Å²) in [7, 11) is 1.69. The average molecular weight is 351 g/mol. The molecule has 2 aromatic carbocycles. The van der Waals surface area contributed by atoms with E-state index in [1.165, 1.54) is 0 Å². The fraction of sp³-hybridized carbons (Fsp3) is 0.286. The third-order valence-electron chi connectivity index (χ3n) is 4.81. The van der Waals surface area contributed by atoms with Gasteiger partial charge in [-0.05, 0) is 30.5 Å². The quantitative estimate of drug-likeness (QED) is 0.806. The van der Waals surface area contributed by atoms with Gasteiger partial charge in [0.05, 0.1) is 18.0 Å². The summed E-state index contributed by atoms with van der Waals surface area (Å²) in [5.41, 5.74) is 4.11. The molecule has 3 nitrogen and oxygen atoms in total. The first-order valence-electron chi connectivity index (χ1n) is 8.59. The maximum atomic E-state index is 13.0. The van der Waals surface area contributed by atoms with Gasteiger partial charge >= 0.3 is 0 Å². The van der Waals surface area contributed by atoms with Crippen LogP contribution in [0.1, 0.15) is 30.6 Å². The van der Waals surface area contributed by atoms with E-state index in [2.05, 4.69) is 30.4 Å². The maximum absolute atomic E-state index is 13.0. The van der Waals surface area contributed by atoms with Crippen molar-refractivity contribution in [3.05, 3.63) is 65.4 Å². The van der Waals surface area contributed by atoms with E-state index >= 15 is 0 Å². The predicted octanol–water partition coefficient (Wildman–Crippen LogP) is 5.21. The van der Waals surface area contributed by atoms with Gasteiger partial charge in [-0.3, -0.25) is 4.79 Å². The second-order valence-corrected chi connectivity index (χ2v) is 7.84. The molecule has 2 aliphatic rings. The molecule has 0 aromatic heterocycles. The minimum absolute atomic E-state index is 0.0534. The highest BCUT2D eigenvalue weighted by Crippen LogP contribution is 2.51. The molecule has 1 aliphatic carbocycles. The summed E-state index contributed by atoms with van der Waals surface area (Å²) in [5.74, 6) is 1.45. The Morgan fingerprint density at radius 3 is 2.68 bits per heavy atom. The standard InChI is InChI=1S/C21H21NO2S/c1-13-11-16-20(17(23)12-13)21(14-7-3-5-9-18(14)24-2)25-19-10-6-4-8-15(19)22-16/h3-10,13,21-22H,11-12H2,1-2H3/t13-,21-/m0/s1. The van der Waals surface area contributed by atoms with Crippen molar-refractivity contribution in [3.63, 3.8) is 0 Å². The molecule has 1 aliphatic heterocycles. The number of ketones is 1. The zero-order valence-electron chi connectivity index (χ0n) is 14.4. The summed E-state index contributed by atoms with van der Waals surface area (Å²) in [6.07, 6.45) is 1.52. The number of hydrogen-bond acceptors (Lipinski definition) is 4. The minimum Gasteiger partial charge on any atom is -0.496 e. The van der Waals surface area contributed by atoms with Crippen LogP contribution < -0.4 is 10.1 Å². The Kier molecular flexibility index (Phi) is 4.30. The molecule has 0 amide bonds. The van der Waals surface area contributed by atoms with Crippen LogP contribution >= 0.6 is 11.8 Å². The second-order valence-electron chi connectivity index (χ2n) is 6.69. The summed E-state index contributed by atoms with van der Waals surface area (Å²) in [6.45, 7) is 2.14. The lowest BCUT2D eigenvalue weighted by atomic mass is 9.84. The van der Waals surface area contributed by atoms with E-state index in [9.17, 15) is 4.79 Å². The highest BCUT2D eigenvalue weighted by molar-refractivity contribution is 8.00. The van der Waals surface area contributed by atoms with Gasteiger partial charge in [-0.25, -0.2) is 0 Å². The van der Waals surface area contributed by atoms with Gasteiger partial charge in [-0.15, -0.1) is 11.8 Å². The molecule has 1 heterocycles. The van der Waals surface area contributed by atoms with Gasteiger partial charge in [0.15, 0.2) is 5.78 Å². The SMILES string of the molecule is COc1ccccc1[C@@H]1Sc2ccccc2NC2=C1C(=O)C[C@@H](C)C2. The van der Waals surface area contributed by atoms with E-state index in [0.717, 1.165) is 39.6 Å². The Balaban J connectivity index is 1.90. The van der Waals surface area contributed by atoms with Crippen molar-refractivity contribution in [2.45, 2.75) is 29.9 Å². The lowest BCUT2D eigenvalue weighted by Gasteiger charge is -2.27. The Morgan fingerprint density at radius 2 is 1.84 bits per heavy atom. The first-order valence-corrected chi connectivity index (χ1v) is 9.47. The van der Waals surface area contributed by atoms with E-state index < -0.39 is 0 Å². The van der Waals surface area contributed by atoms with Gasteiger partial charge in [0.1, 0.15) is 5.75 Å². The van der Waals surface area contributed by atoms with Gasteiger partial charge < -0.3 is 10.1 Å². The third kappa shape index (κ3) is 2.95. The number of allylic oxidation sites excluding steroid dienone is 1. The summed E-state index contributed by atoms with van der Waals surface area (Å²) >= 11 is 1.73. The fourth-order valence-corrected chi connectivity index (χ4v) is 5.04. The van der Waals surface area contributed by atoms with Crippen LogP contribution in [-0.2, 0) is 4.79 Å². The van der Waals surface area contributed by atoms with Crippen LogP contribution in [0.3, 0.4) is 0 Å². The molecule has 1 N–H and O–H groups in total. The van der Waals surface area contributed by atoms with E-state index in [0.29, 0.717) is 12.3 Å². The molecule has 2 atom stereocenters. The highest BCUT2D eigenvalue weighted by atomic mass is 32.2. The first-order chi connectivity index (χ1) is 12.2. The van der Waals surface area contributed by atoms with Crippen LogP contribution in [0.15, 0.2) is 64.7 Å². The van der Waals surface area contributed by atoms with Gasteiger partial charge in [0, 0.05) is 28.1 Å². The molecule has 0 bridgehead atoms. The highest BCUT2D eigenvalue weighted by Gasteiger charge is 2.35.